The van der Waals surface area contributed by atoms with Crippen LogP contribution in [0.25, 0.3) is 0 Å². The maximum atomic E-state index is 12.6. The van der Waals surface area contributed by atoms with Crippen molar-refractivity contribution in [2.24, 2.45) is 5.41 Å². The molecule has 1 heterocycles. The average Bonchev–Trinajstić information content (AvgIpc) is 2.66. The lowest BCUT2D eigenvalue weighted by atomic mass is 9.90. The molecule has 0 aliphatic heterocycles. The van der Waals surface area contributed by atoms with E-state index in [1.165, 1.54) is 14.2 Å². The molecule has 0 radical (unpaired) electrons. The molecule has 1 aromatic carbocycles. The van der Waals surface area contributed by atoms with Crippen molar-refractivity contribution in [3.63, 3.8) is 0 Å². The van der Waals surface area contributed by atoms with E-state index < -0.39 is 11.3 Å². The van der Waals surface area contributed by atoms with E-state index in [-0.39, 0.29) is 5.91 Å². The molecule has 138 valence electrons. The monoisotopic (exact) mass is 357 g/mol. The fraction of sp³-hybridized carbons (Fsp3) is 0.316. The number of aromatic nitrogens is 1. The van der Waals surface area contributed by atoms with Gasteiger partial charge in [-0.3, -0.25) is 14.6 Å². The van der Waals surface area contributed by atoms with Crippen molar-refractivity contribution in [3.8, 4) is 11.5 Å². The van der Waals surface area contributed by atoms with Crippen LogP contribution in [-0.4, -0.2) is 31.0 Å². The molecule has 26 heavy (non-hydrogen) atoms. The van der Waals surface area contributed by atoms with Crippen molar-refractivity contribution in [1.29, 1.82) is 0 Å². The van der Waals surface area contributed by atoms with Crippen molar-refractivity contribution < 1.29 is 19.1 Å². The highest BCUT2D eigenvalue weighted by atomic mass is 16.5. The highest BCUT2D eigenvalue weighted by Crippen LogP contribution is 2.30. The summed E-state index contributed by atoms with van der Waals surface area (Å²) >= 11 is 0. The fourth-order valence-electron chi connectivity index (χ4n) is 2.21. The second-order valence-electron chi connectivity index (χ2n) is 6.19. The Morgan fingerprint density at radius 2 is 1.65 bits per heavy atom. The number of ether oxygens (including phenoxy) is 2. The molecule has 0 saturated carbocycles. The van der Waals surface area contributed by atoms with Gasteiger partial charge >= 0.3 is 0 Å². The smallest absolute Gasteiger partial charge is 0.239 e. The number of methoxy groups -OCH3 is 2. The molecule has 2 amide bonds. The van der Waals surface area contributed by atoms with Crippen LogP contribution in [0.5, 0.6) is 11.5 Å². The van der Waals surface area contributed by atoms with Gasteiger partial charge in [-0.05, 0) is 43.7 Å². The summed E-state index contributed by atoms with van der Waals surface area (Å²) in [4.78, 5) is 29.0. The molecule has 7 nitrogen and oxygen atoms in total. The molecule has 1 aromatic heterocycles. The number of nitrogens with zero attached hydrogens (tertiary/aromatic N) is 1. The van der Waals surface area contributed by atoms with Gasteiger partial charge in [-0.25, -0.2) is 0 Å². The fourth-order valence-corrected chi connectivity index (χ4v) is 2.21. The van der Waals surface area contributed by atoms with Gasteiger partial charge in [0.1, 0.15) is 5.41 Å². The van der Waals surface area contributed by atoms with Crippen LogP contribution in [0.4, 0.5) is 5.69 Å². The third-order valence-electron chi connectivity index (χ3n) is 3.98. The first-order chi connectivity index (χ1) is 12.4. The van der Waals surface area contributed by atoms with Crippen LogP contribution in [0.2, 0.25) is 0 Å². The molecule has 0 unspecified atom stereocenters. The predicted molar refractivity (Wildman–Crippen MR) is 98.0 cm³/mol. The van der Waals surface area contributed by atoms with Gasteiger partial charge in [0.25, 0.3) is 0 Å². The number of amides is 2. The van der Waals surface area contributed by atoms with Crippen LogP contribution >= 0.6 is 0 Å². The lowest BCUT2D eigenvalue weighted by molar-refractivity contribution is -0.138. The molecular formula is C19H23N3O4. The van der Waals surface area contributed by atoms with Crippen LogP contribution < -0.4 is 20.1 Å². The Balaban J connectivity index is 2.03. The third-order valence-corrected chi connectivity index (χ3v) is 3.98. The topological polar surface area (TPSA) is 89.5 Å². The number of rotatable bonds is 7. The number of pyridine rings is 1. The van der Waals surface area contributed by atoms with E-state index in [4.69, 9.17) is 9.47 Å². The first-order valence-corrected chi connectivity index (χ1v) is 8.09. The zero-order chi connectivity index (χ0) is 19.2. The Kier molecular flexibility index (Phi) is 6.16. The van der Waals surface area contributed by atoms with Crippen molar-refractivity contribution in [1.82, 2.24) is 10.3 Å². The van der Waals surface area contributed by atoms with Gasteiger partial charge in [-0.1, -0.05) is 0 Å². The molecular weight excluding hydrogens is 334 g/mol. The van der Waals surface area contributed by atoms with E-state index >= 15 is 0 Å². The zero-order valence-electron chi connectivity index (χ0n) is 15.3. The molecule has 0 spiro atoms. The van der Waals surface area contributed by atoms with Crippen molar-refractivity contribution in [2.45, 2.75) is 20.4 Å². The highest BCUT2D eigenvalue weighted by Gasteiger charge is 2.36. The van der Waals surface area contributed by atoms with Crippen LogP contribution in [0.3, 0.4) is 0 Å². The van der Waals surface area contributed by atoms with E-state index in [2.05, 4.69) is 15.6 Å². The van der Waals surface area contributed by atoms with Gasteiger partial charge in [0.15, 0.2) is 11.5 Å². The quantitative estimate of drug-likeness (QED) is 0.743. The number of hydrogen-bond acceptors (Lipinski definition) is 5. The summed E-state index contributed by atoms with van der Waals surface area (Å²) in [5.41, 5.74) is 0.173. The third kappa shape index (κ3) is 4.50. The molecule has 0 bridgehead atoms. The molecule has 2 aromatic rings. The molecule has 2 rings (SSSR count). The summed E-state index contributed by atoms with van der Waals surface area (Å²) < 4.78 is 10.4. The summed E-state index contributed by atoms with van der Waals surface area (Å²) in [6.07, 6.45) is 3.30. The second-order valence-corrected chi connectivity index (χ2v) is 6.19. The molecule has 0 aliphatic rings. The maximum Gasteiger partial charge on any atom is 0.239 e. The van der Waals surface area contributed by atoms with Gasteiger partial charge < -0.3 is 20.1 Å². The predicted octanol–water partition coefficient (Wildman–Crippen LogP) is 2.38. The highest BCUT2D eigenvalue weighted by molar-refractivity contribution is 6.09. The van der Waals surface area contributed by atoms with Crippen molar-refractivity contribution in [2.75, 3.05) is 19.5 Å². The summed E-state index contributed by atoms with van der Waals surface area (Å²) in [6, 6.07) is 8.62. The number of nitrogens with one attached hydrogen (secondary N) is 2. The molecule has 0 saturated heterocycles. The standard InChI is InChI=1S/C19H23N3O4/c1-19(2,17(23)21-12-13-7-9-20-10-8-13)18(24)22-14-5-6-15(25-3)16(11-14)26-4/h5-11H,12H2,1-4H3,(H,21,23)(H,22,24). The van der Waals surface area contributed by atoms with Gasteiger partial charge in [-0.15, -0.1) is 0 Å². The lowest BCUT2D eigenvalue weighted by Gasteiger charge is -2.23. The molecule has 2 N–H and O–H groups in total. The van der Waals surface area contributed by atoms with Gasteiger partial charge in [0, 0.05) is 30.7 Å². The normalized spacial score (nSPS) is 10.8. The number of carbonyl (C=O) groups excluding carboxylic acids is 2. The first-order valence-electron chi connectivity index (χ1n) is 8.09. The van der Waals surface area contributed by atoms with Gasteiger partial charge in [0.05, 0.1) is 14.2 Å². The number of hydrogen-bond donors (Lipinski definition) is 2. The largest absolute Gasteiger partial charge is 0.493 e. The Bertz CT molecular complexity index is 776. The Labute approximate surface area is 152 Å². The lowest BCUT2D eigenvalue weighted by Crippen LogP contribution is -2.44. The minimum Gasteiger partial charge on any atom is -0.493 e. The maximum absolute atomic E-state index is 12.6. The van der Waals surface area contributed by atoms with E-state index in [1.807, 2.05) is 0 Å². The molecule has 7 heteroatoms. The second kappa shape index (κ2) is 8.33. The van der Waals surface area contributed by atoms with Crippen molar-refractivity contribution >= 4 is 17.5 Å². The first kappa shape index (κ1) is 19.2. The summed E-state index contributed by atoms with van der Waals surface area (Å²) in [5, 5.41) is 5.52. The van der Waals surface area contributed by atoms with E-state index in [0.717, 1.165) is 5.56 Å². The Hall–Kier alpha value is -3.09. The van der Waals surface area contributed by atoms with Gasteiger partial charge in [0.2, 0.25) is 11.8 Å². The molecule has 0 aliphatic carbocycles. The van der Waals surface area contributed by atoms with Crippen LogP contribution in [0, 0.1) is 5.41 Å². The minimum atomic E-state index is -1.25. The number of carbonyl (C=O) groups is 2. The number of anilines is 1. The van der Waals surface area contributed by atoms with Crippen LogP contribution in [-0.2, 0) is 16.1 Å². The molecule has 0 fully saturated rings. The average molecular weight is 357 g/mol. The Morgan fingerprint density at radius 3 is 2.27 bits per heavy atom. The van der Waals surface area contributed by atoms with E-state index in [1.54, 1.807) is 56.6 Å². The van der Waals surface area contributed by atoms with E-state index in [9.17, 15) is 9.59 Å². The van der Waals surface area contributed by atoms with Crippen LogP contribution in [0.15, 0.2) is 42.7 Å². The molecule has 0 atom stereocenters. The zero-order valence-corrected chi connectivity index (χ0v) is 15.3. The van der Waals surface area contributed by atoms with Crippen molar-refractivity contribution in [3.05, 3.63) is 48.3 Å². The summed E-state index contributed by atoms with van der Waals surface area (Å²) in [7, 11) is 3.05. The SMILES string of the molecule is COc1ccc(NC(=O)C(C)(C)C(=O)NCc2ccncc2)cc1OC. The van der Waals surface area contributed by atoms with E-state index in [0.29, 0.717) is 23.7 Å². The minimum absolute atomic E-state index is 0.328. The van der Waals surface area contributed by atoms with Crippen LogP contribution in [0.1, 0.15) is 19.4 Å². The summed E-state index contributed by atoms with van der Waals surface area (Å²) in [5.74, 6) is 0.259. The van der Waals surface area contributed by atoms with Gasteiger partial charge in [-0.2, -0.15) is 0 Å². The Morgan fingerprint density at radius 1 is 1.00 bits per heavy atom. The number of benzene rings is 1. The summed E-state index contributed by atoms with van der Waals surface area (Å²) in [6.45, 7) is 3.48.